The highest BCUT2D eigenvalue weighted by molar-refractivity contribution is 9.10. The van der Waals surface area contributed by atoms with Gasteiger partial charge in [0.05, 0.1) is 11.6 Å². The minimum absolute atomic E-state index is 0.116. The summed E-state index contributed by atoms with van der Waals surface area (Å²) in [4.78, 5) is 3.82. The maximum Gasteiger partial charge on any atom is 0.416 e. The van der Waals surface area contributed by atoms with Crippen molar-refractivity contribution in [1.82, 2.24) is 10.3 Å². The van der Waals surface area contributed by atoms with Crippen LogP contribution in [-0.4, -0.2) is 12.0 Å². The van der Waals surface area contributed by atoms with Gasteiger partial charge >= 0.3 is 6.18 Å². The van der Waals surface area contributed by atoms with Crippen molar-refractivity contribution in [2.24, 2.45) is 0 Å². The van der Waals surface area contributed by atoms with Gasteiger partial charge in [-0.2, -0.15) is 13.2 Å². The van der Waals surface area contributed by atoms with Crippen LogP contribution in [0.4, 0.5) is 13.2 Å². The van der Waals surface area contributed by atoms with Gasteiger partial charge in [0.25, 0.3) is 0 Å². The first-order chi connectivity index (χ1) is 9.43. The van der Waals surface area contributed by atoms with Crippen molar-refractivity contribution in [1.29, 1.82) is 0 Å². The SMILES string of the molecule is CNC(c1ccc(Br)cc1)c1cnccc1C(F)(F)F. The van der Waals surface area contributed by atoms with Gasteiger partial charge in [-0.15, -0.1) is 0 Å². The van der Waals surface area contributed by atoms with E-state index in [0.717, 1.165) is 22.3 Å². The van der Waals surface area contributed by atoms with Crippen LogP contribution in [0.3, 0.4) is 0 Å². The molecule has 0 spiro atoms. The first kappa shape index (κ1) is 15.0. The molecule has 0 saturated carbocycles. The highest BCUT2D eigenvalue weighted by Crippen LogP contribution is 2.36. The topological polar surface area (TPSA) is 24.9 Å². The van der Waals surface area contributed by atoms with E-state index in [1.165, 1.54) is 6.20 Å². The molecule has 1 heterocycles. The fourth-order valence-electron chi connectivity index (χ4n) is 2.05. The third kappa shape index (κ3) is 3.19. The molecule has 0 saturated heterocycles. The molecule has 0 fully saturated rings. The van der Waals surface area contributed by atoms with E-state index in [2.05, 4.69) is 26.2 Å². The number of aromatic nitrogens is 1. The number of hydrogen-bond donors (Lipinski definition) is 1. The van der Waals surface area contributed by atoms with Gasteiger partial charge < -0.3 is 5.32 Å². The second kappa shape index (κ2) is 5.93. The number of nitrogens with one attached hydrogen (secondary N) is 1. The van der Waals surface area contributed by atoms with Crippen LogP contribution in [0, 0.1) is 0 Å². The van der Waals surface area contributed by atoms with Gasteiger partial charge in [0.15, 0.2) is 0 Å². The molecule has 1 aromatic heterocycles. The number of halogens is 4. The van der Waals surface area contributed by atoms with Crippen molar-refractivity contribution < 1.29 is 13.2 Å². The van der Waals surface area contributed by atoms with Gasteiger partial charge in [0, 0.05) is 22.4 Å². The Morgan fingerprint density at radius 1 is 1.15 bits per heavy atom. The molecule has 0 aliphatic rings. The summed E-state index contributed by atoms with van der Waals surface area (Å²) >= 11 is 3.31. The summed E-state index contributed by atoms with van der Waals surface area (Å²) < 4.78 is 40.1. The summed E-state index contributed by atoms with van der Waals surface area (Å²) in [6, 6.07) is 7.58. The molecule has 0 aliphatic carbocycles. The molecule has 0 amide bonds. The number of alkyl halides is 3. The van der Waals surface area contributed by atoms with Crippen LogP contribution < -0.4 is 5.32 Å². The Hall–Kier alpha value is -1.40. The first-order valence-corrected chi connectivity index (χ1v) is 6.66. The zero-order chi connectivity index (χ0) is 14.8. The molecule has 2 rings (SSSR count). The molecule has 1 unspecified atom stereocenters. The van der Waals surface area contributed by atoms with Crippen LogP contribution in [-0.2, 0) is 6.18 Å². The van der Waals surface area contributed by atoms with Crippen molar-refractivity contribution in [2.45, 2.75) is 12.2 Å². The third-order valence-corrected chi connectivity index (χ3v) is 3.49. The van der Waals surface area contributed by atoms with Crippen molar-refractivity contribution in [3.05, 3.63) is 63.9 Å². The molecule has 1 aromatic carbocycles. The average molecular weight is 345 g/mol. The Labute approximate surface area is 123 Å². The van der Waals surface area contributed by atoms with Crippen LogP contribution in [0.2, 0.25) is 0 Å². The summed E-state index contributed by atoms with van der Waals surface area (Å²) in [7, 11) is 1.62. The van der Waals surface area contributed by atoms with E-state index in [-0.39, 0.29) is 5.56 Å². The highest BCUT2D eigenvalue weighted by Gasteiger charge is 2.35. The smallest absolute Gasteiger partial charge is 0.309 e. The fraction of sp³-hybridized carbons (Fsp3) is 0.214. The van der Waals surface area contributed by atoms with Crippen LogP contribution in [0.5, 0.6) is 0 Å². The van der Waals surface area contributed by atoms with Gasteiger partial charge in [-0.3, -0.25) is 4.98 Å². The minimum atomic E-state index is -4.40. The summed E-state index contributed by atoms with van der Waals surface area (Å²) in [6.45, 7) is 0. The van der Waals surface area contributed by atoms with E-state index in [9.17, 15) is 13.2 Å². The van der Waals surface area contributed by atoms with Crippen molar-refractivity contribution in [3.8, 4) is 0 Å². The van der Waals surface area contributed by atoms with E-state index in [1.54, 1.807) is 31.3 Å². The van der Waals surface area contributed by atoms with Crippen molar-refractivity contribution >= 4 is 15.9 Å². The van der Waals surface area contributed by atoms with E-state index < -0.39 is 17.8 Å². The van der Waals surface area contributed by atoms with Crippen molar-refractivity contribution in [2.75, 3.05) is 7.05 Å². The number of nitrogens with zero attached hydrogens (tertiary/aromatic N) is 1. The van der Waals surface area contributed by atoms with E-state index in [1.807, 2.05) is 0 Å². The largest absolute Gasteiger partial charge is 0.416 e. The molecule has 1 atom stereocenters. The van der Waals surface area contributed by atoms with Crippen molar-refractivity contribution in [3.63, 3.8) is 0 Å². The normalized spacial score (nSPS) is 13.2. The van der Waals surface area contributed by atoms with Crippen LogP contribution in [0.25, 0.3) is 0 Å². The standard InChI is InChI=1S/C14H12BrF3N2/c1-19-13(9-2-4-10(15)5-3-9)11-8-20-7-6-12(11)14(16,17)18/h2-8,13,19H,1H3. The Balaban J connectivity index is 2.50. The van der Waals surface area contributed by atoms with E-state index in [4.69, 9.17) is 0 Å². The van der Waals surface area contributed by atoms with Crippen LogP contribution >= 0.6 is 15.9 Å². The minimum Gasteiger partial charge on any atom is -0.309 e. The van der Waals surface area contributed by atoms with E-state index >= 15 is 0 Å². The molecule has 1 N–H and O–H groups in total. The van der Waals surface area contributed by atoms with Crippen LogP contribution in [0.1, 0.15) is 22.7 Å². The highest BCUT2D eigenvalue weighted by atomic mass is 79.9. The quantitative estimate of drug-likeness (QED) is 0.903. The fourth-order valence-corrected chi connectivity index (χ4v) is 2.32. The predicted octanol–water partition coefficient (Wildman–Crippen LogP) is 4.17. The molecule has 20 heavy (non-hydrogen) atoms. The first-order valence-electron chi connectivity index (χ1n) is 5.87. The van der Waals surface area contributed by atoms with Crippen LogP contribution in [0.15, 0.2) is 47.2 Å². The summed E-state index contributed by atoms with van der Waals surface area (Å²) in [5.74, 6) is 0. The zero-order valence-electron chi connectivity index (χ0n) is 10.6. The number of benzene rings is 1. The van der Waals surface area contributed by atoms with E-state index in [0.29, 0.717) is 0 Å². The summed E-state index contributed by atoms with van der Waals surface area (Å²) in [5.41, 5.74) is 0.189. The molecule has 0 aliphatic heterocycles. The summed E-state index contributed by atoms with van der Waals surface area (Å²) in [5, 5.41) is 2.91. The molecular weight excluding hydrogens is 333 g/mol. The second-order valence-corrected chi connectivity index (χ2v) is 5.15. The Kier molecular flexibility index (Phi) is 4.45. The predicted molar refractivity (Wildman–Crippen MR) is 74.3 cm³/mol. The van der Waals surface area contributed by atoms with Gasteiger partial charge in [-0.25, -0.2) is 0 Å². The molecule has 2 nitrogen and oxygen atoms in total. The Morgan fingerprint density at radius 2 is 1.80 bits per heavy atom. The number of hydrogen-bond acceptors (Lipinski definition) is 2. The van der Waals surface area contributed by atoms with Gasteiger partial charge in [0.1, 0.15) is 0 Å². The number of pyridine rings is 1. The molecule has 106 valence electrons. The Morgan fingerprint density at radius 3 is 2.35 bits per heavy atom. The lowest BCUT2D eigenvalue weighted by Gasteiger charge is -2.21. The third-order valence-electron chi connectivity index (χ3n) is 2.96. The molecular formula is C14H12BrF3N2. The lowest BCUT2D eigenvalue weighted by Crippen LogP contribution is -2.22. The number of rotatable bonds is 3. The lowest BCUT2D eigenvalue weighted by atomic mass is 9.96. The maximum absolute atomic E-state index is 13.1. The monoisotopic (exact) mass is 344 g/mol. The average Bonchev–Trinajstić information content (AvgIpc) is 2.41. The maximum atomic E-state index is 13.1. The second-order valence-electron chi connectivity index (χ2n) is 4.23. The molecule has 6 heteroatoms. The zero-order valence-corrected chi connectivity index (χ0v) is 12.2. The molecule has 0 bridgehead atoms. The molecule has 2 aromatic rings. The van der Waals surface area contributed by atoms with Gasteiger partial charge in [0.2, 0.25) is 0 Å². The van der Waals surface area contributed by atoms with Gasteiger partial charge in [-0.1, -0.05) is 28.1 Å². The summed E-state index contributed by atoms with van der Waals surface area (Å²) in [6.07, 6.45) is -1.99. The van der Waals surface area contributed by atoms with Gasteiger partial charge in [-0.05, 0) is 30.8 Å². The Bertz CT molecular complexity index is 582. The molecule has 0 radical (unpaired) electrons. The lowest BCUT2D eigenvalue weighted by molar-refractivity contribution is -0.138.